The Hall–Kier alpha value is -2.43. The zero-order valence-electron chi connectivity index (χ0n) is 14.1. The van der Waals surface area contributed by atoms with Gasteiger partial charge in [-0.25, -0.2) is 4.98 Å². The van der Waals surface area contributed by atoms with Gasteiger partial charge in [-0.15, -0.1) is 0 Å². The Morgan fingerprint density at radius 2 is 1.65 bits per heavy atom. The van der Waals surface area contributed by atoms with E-state index < -0.39 is 0 Å². The van der Waals surface area contributed by atoms with E-state index >= 15 is 0 Å². The average molecular weight is 419 g/mol. The molecule has 0 radical (unpaired) electrons. The first kappa shape index (κ1) is 15.8. The Kier molecular flexibility index (Phi) is 3.69. The van der Waals surface area contributed by atoms with E-state index in [1.54, 1.807) is 11.3 Å². The Morgan fingerprint density at radius 3 is 2.42 bits per heavy atom. The summed E-state index contributed by atoms with van der Waals surface area (Å²) in [5.41, 5.74) is 6.96. The van der Waals surface area contributed by atoms with E-state index in [2.05, 4.69) is 100 Å². The second-order valence-electron chi connectivity index (χ2n) is 6.37. The Balaban J connectivity index is 1.89. The van der Waals surface area contributed by atoms with Crippen LogP contribution in [0.4, 0.5) is 0 Å². The van der Waals surface area contributed by atoms with Crippen LogP contribution >= 0.6 is 27.3 Å². The fourth-order valence-electron chi connectivity index (χ4n) is 3.32. The lowest BCUT2D eigenvalue weighted by Gasteiger charge is -2.06. The molecule has 0 aliphatic carbocycles. The summed E-state index contributed by atoms with van der Waals surface area (Å²) in [6.07, 6.45) is 0. The monoisotopic (exact) mass is 418 g/mol. The van der Waals surface area contributed by atoms with Crippen LogP contribution in [0.5, 0.6) is 0 Å². The van der Waals surface area contributed by atoms with E-state index in [1.165, 1.54) is 21.3 Å². The third kappa shape index (κ3) is 2.49. The number of hydrogen-bond acceptors (Lipinski definition) is 2. The van der Waals surface area contributed by atoms with Crippen molar-refractivity contribution in [1.82, 2.24) is 9.38 Å². The second-order valence-corrected chi connectivity index (χ2v) is 8.30. The van der Waals surface area contributed by atoms with Crippen molar-refractivity contribution >= 4 is 42.4 Å². The van der Waals surface area contributed by atoms with Crippen molar-refractivity contribution < 1.29 is 0 Å². The molecule has 26 heavy (non-hydrogen) atoms. The van der Waals surface area contributed by atoms with Gasteiger partial charge in [0.25, 0.3) is 0 Å². The summed E-state index contributed by atoms with van der Waals surface area (Å²) in [5.74, 6) is 0. The molecule has 126 valence electrons. The molecule has 2 aromatic heterocycles. The lowest BCUT2D eigenvalue weighted by Crippen LogP contribution is -1.89. The lowest BCUT2D eigenvalue weighted by molar-refractivity contribution is 1.29. The van der Waals surface area contributed by atoms with Crippen molar-refractivity contribution in [3.8, 4) is 22.5 Å². The summed E-state index contributed by atoms with van der Waals surface area (Å²) >= 11 is 5.30. The molecule has 5 rings (SSSR count). The van der Waals surface area contributed by atoms with Gasteiger partial charge in [-0.2, -0.15) is 0 Å². The molecule has 3 aromatic carbocycles. The minimum atomic E-state index is 1.02. The van der Waals surface area contributed by atoms with Crippen LogP contribution in [0.2, 0.25) is 0 Å². The van der Waals surface area contributed by atoms with E-state index in [1.807, 2.05) is 0 Å². The van der Waals surface area contributed by atoms with Gasteiger partial charge >= 0.3 is 0 Å². The maximum atomic E-state index is 5.02. The van der Waals surface area contributed by atoms with Crippen LogP contribution in [0, 0.1) is 6.92 Å². The van der Waals surface area contributed by atoms with Crippen LogP contribution < -0.4 is 0 Å². The molecule has 0 unspecified atom stereocenters. The topological polar surface area (TPSA) is 17.3 Å². The number of benzene rings is 3. The van der Waals surface area contributed by atoms with E-state index in [9.17, 15) is 0 Å². The van der Waals surface area contributed by atoms with Crippen LogP contribution in [0.3, 0.4) is 0 Å². The molecule has 0 amide bonds. The first-order chi connectivity index (χ1) is 12.7. The molecule has 0 spiro atoms. The number of thiazole rings is 1. The first-order valence-electron chi connectivity index (χ1n) is 8.44. The van der Waals surface area contributed by atoms with Gasteiger partial charge in [0, 0.05) is 15.6 Å². The van der Waals surface area contributed by atoms with E-state index in [4.69, 9.17) is 4.98 Å². The maximum Gasteiger partial charge on any atom is 0.195 e. The van der Waals surface area contributed by atoms with Gasteiger partial charge in [0.15, 0.2) is 4.96 Å². The van der Waals surface area contributed by atoms with Crippen molar-refractivity contribution in [2.75, 3.05) is 0 Å². The van der Waals surface area contributed by atoms with Crippen molar-refractivity contribution in [2.45, 2.75) is 6.92 Å². The molecule has 0 saturated heterocycles. The molecule has 2 heterocycles. The van der Waals surface area contributed by atoms with Crippen molar-refractivity contribution in [3.63, 3.8) is 0 Å². The van der Waals surface area contributed by atoms with E-state index in [0.29, 0.717) is 0 Å². The first-order valence-corrected chi connectivity index (χ1v) is 10.0. The normalized spacial score (nSPS) is 11.5. The SMILES string of the molecule is Cc1ccc(-c2nc3sc4cc(Br)ccc4n3c2-c2ccccc2)cc1. The number of hydrogen-bond donors (Lipinski definition) is 0. The number of aryl methyl sites for hydroxylation is 1. The smallest absolute Gasteiger partial charge is 0.195 e. The van der Waals surface area contributed by atoms with Crippen molar-refractivity contribution in [3.05, 3.63) is 82.8 Å². The molecule has 0 atom stereocenters. The highest BCUT2D eigenvalue weighted by Crippen LogP contribution is 2.39. The Morgan fingerprint density at radius 1 is 0.885 bits per heavy atom. The second kappa shape index (κ2) is 6.08. The fraction of sp³-hybridized carbons (Fsp3) is 0.0455. The number of halogens is 1. The summed E-state index contributed by atoms with van der Waals surface area (Å²) in [6, 6.07) is 25.6. The zero-order valence-corrected chi connectivity index (χ0v) is 16.5. The van der Waals surface area contributed by atoms with Gasteiger partial charge in [0.2, 0.25) is 0 Å². The molecule has 0 N–H and O–H groups in total. The van der Waals surface area contributed by atoms with Gasteiger partial charge in [0.05, 0.1) is 21.6 Å². The number of rotatable bonds is 2. The summed E-state index contributed by atoms with van der Waals surface area (Å²) in [7, 11) is 0. The average Bonchev–Trinajstić information content (AvgIpc) is 3.18. The molecule has 0 aliphatic heterocycles. The van der Waals surface area contributed by atoms with Gasteiger partial charge in [0.1, 0.15) is 0 Å². The van der Waals surface area contributed by atoms with Crippen molar-refractivity contribution in [1.29, 1.82) is 0 Å². The third-order valence-electron chi connectivity index (χ3n) is 4.58. The minimum absolute atomic E-state index is 1.02. The molecule has 0 bridgehead atoms. The highest BCUT2D eigenvalue weighted by atomic mass is 79.9. The number of fused-ring (bicyclic) bond motifs is 3. The number of nitrogens with zero attached hydrogens (tertiary/aromatic N) is 2. The standard InChI is InChI=1S/C22H15BrN2S/c1-14-7-9-15(10-8-14)20-21(16-5-3-2-4-6-16)25-18-12-11-17(23)13-19(18)26-22(25)24-20/h2-13H,1H3. The van der Waals surface area contributed by atoms with Crippen molar-refractivity contribution in [2.24, 2.45) is 0 Å². The number of aromatic nitrogens is 2. The Labute approximate surface area is 163 Å². The van der Waals surface area contributed by atoms with Crippen LogP contribution in [0.15, 0.2) is 77.3 Å². The molecule has 0 aliphatic rings. The molecular weight excluding hydrogens is 404 g/mol. The highest BCUT2D eigenvalue weighted by molar-refractivity contribution is 9.10. The molecule has 2 nitrogen and oxygen atoms in total. The minimum Gasteiger partial charge on any atom is -0.282 e. The highest BCUT2D eigenvalue weighted by Gasteiger charge is 2.19. The fourth-order valence-corrected chi connectivity index (χ4v) is 4.90. The van der Waals surface area contributed by atoms with E-state index in [0.717, 1.165) is 26.4 Å². The maximum absolute atomic E-state index is 5.02. The van der Waals surface area contributed by atoms with Crippen LogP contribution in [-0.4, -0.2) is 9.38 Å². The lowest BCUT2D eigenvalue weighted by atomic mass is 10.0. The number of imidazole rings is 1. The molecule has 4 heteroatoms. The Bertz CT molecular complexity index is 1230. The largest absolute Gasteiger partial charge is 0.282 e. The van der Waals surface area contributed by atoms with Crippen LogP contribution in [0.1, 0.15) is 5.56 Å². The van der Waals surface area contributed by atoms with Crippen LogP contribution in [-0.2, 0) is 0 Å². The molecule has 5 aromatic rings. The third-order valence-corrected chi connectivity index (χ3v) is 6.08. The van der Waals surface area contributed by atoms with Gasteiger partial charge in [-0.1, -0.05) is 87.4 Å². The van der Waals surface area contributed by atoms with Gasteiger partial charge in [-0.3, -0.25) is 4.40 Å². The quantitative estimate of drug-likeness (QED) is 0.303. The summed E-state index contributed by atoms with van der Waals surface area (Å²) in [5, 5.41) is 0. The predicted molar refractivity (Wildman–Crippen MR) is 114 cm³/mol. The summed E-state index contributed by atoms with van der Waals surface area (Å²) < 4.78 is 4.61. The zero-order chi connectivity index (χ0) is 17.7. The van der Waals surface area contributed by atoms with Crippen LogP contribution in [0.25, 0.3) is 37.7 Å². The molecular formula is C22H15BrN2S. The molecule has 0 fully saturated rings. The summed E-state index contributed by atoms with van der Waals surface area (Å²) in [4.78, 5) is 6.04. The van der Waals surface area contributed by atoms with E-state index in [-0.39, 0.29) is 0 Å². The summed E-state index contributed by atoms with van der Waals surface area (Å²) in [6.45, 7) is 2.11. The van der Waals surface area contributed by atoms with Gasteiger partial charge in [-0.05, 0) is 25.1 Å². The van der Waals surface area contributed by atoms with Gasteiger partial charge < -0.3 is 0 Å². The predicted octanol–water partition coefficient (Wildman–Crippen LogP) is 6.95. The molecule has 0 saturated carbocycles.